The van der Waals surface area contributed by atoms with Gasteiger partial charge in [-0.1, -0.05) is 17.7 Å². The lowest BCUT2D eigenvalue weighted by molar-refractivity contribution is -0.142. The van der Waals surface area contributed by atoms with Gasteiger partial charge in [0.2, 0.25) is 5.91 Å². The van der Waals surface area contributed by atoms with Gasteiger partial charge in [0.1, 0.15) is 11.8 Å². The first-order valence-electron chi connectivity index (χ1n) is 7.52. The predicted molar refractivity (Wildman–Crippen MR) is 90.4 cm³/mol. The first-order chi connectivity index (χ1) is 10.5. The number of carboxylic acids is 1. The summed E-state index contributed by atoms with van der Waals surface area (Å²) in [5.74, 6) is -1.02. The van der Waals surface area contributed by atoms with Crippen molar-refractivity contribution >= 4 is 11.9 Å². The maximum absolute atomic E-state index is 11.7. The Balaban J connectivity index is 0.000000502. The highest BCUT2D eigenvalue weighted by atomic mass is 16.4. The second-order valence-corrected chi connectivity index (χ2v) is 6.29. The van der Waals surface area contributed by atoms with Gasteiger partial charge in [-0.3, -0.25) is 9.59 Å². The SMILES string of the molecule is CC(C)NC(C)(C)C(=O)N[C@@H](C)C(=O)O.Cc1ccc(O)cc1. The third-order valence-corrected chi connectivity index (χ3v) is 2.97. The molecule has 0 aliphatic rings. The van der Waals surface area contributed by atoms with Crippen LogP contribution in [-0.4, -0.2) is 39.7 Å². The van der Waals surface area contributed by atoms with E-state index in [0.717, 1.165) is 0 Å². The molecule has 6 nitrogen and oxygen atoms in total. The monoisotopic (exact) mass is 324 g/mol. The molecule has 1 aromatic carbocycles. The Labute approximate surface area is 137 Å². The first-order valence-corrected chi connectivity index (χ1v) is 7.52. The molecule has 0 aliphatic heterocycles. The van der Waals surface area contributed by atoms with E-state index in [-0.39, 0.29) is 11.9 Å². The summed E-state index contributed by atoms with van der Waals surface area (Å²) >= 11 is 0. The number of carboxylic acid groups (broad SMARTS) is 1. The van der Waals surface area contributed by atoms with E-state index in [9.17, 15) is 9.59 Å². The topological polar surface area (TPSA) is 98.7 Å². The average molecular weight is 324 g/mol. The van der Waals surface area contributed by atoms with Gasteiger partial charge in [-0.05, 0) is 53.7 Å². The van der Waals surface area contributed by atoms with Gasteiger partial charge in [0, 0.05) is 6.04 Å². The van der Waals surface area contributed by atoms with E-state index in [2.05, 4.69) is 10.6 Å². The van der Waals surface area contributed by atoms with Crippen LogP contribution in [0, 0.1) is 6.92 Å². The van der Waals surface area contributed by atoms with Crippen LogP contribution < -0.4 is 10.6 Å². The lowest BCUT2D eigenvalue weighted by Crippen LogP contribution is -2.57. The molecule has 0 aliphatic carbocycles. The van der Waals surface area contributed by atoms with Gasteiger partial charge in [-0.2, -0.15) is 0 Å². The maximum Gasteiger partial charge on any atom is 0.325 e. The van der Waals surface area contributed by atoms with Crippen molar-refractivity contribution in [2.75, 3.05) is 0 Å². The Morgan fingerprint density at radius 2 is 1.57 bits per heavy atom. The summed E-state index contributed by atoms with van der Waals surface area (Å²) < 4.78 is 0. The highest BCUT2D eigenvalue weighted by molar-refractivity contribution is 5.89. The number of carbonyl (C=O) groups excluding carboxylic acids is 1. The molecule has 0 radical (unpaired) electrons. The minimum absolute atomic E-state index is 0.158. The van der Waals surface area contributed by atoms with Crippen molar-refractivity contribution in [1.29, 1.82) is 0 Å². The Morgan fingerprint density at radius 3 is 1.91 bits per heavy atom. The summed E-state index contributed by atoms with van der Waals surface area (Å²) in [7, 11) is 0. The lowest BCUT2D eigenvalue weighted by atomic mass is 10.0. The number of aliphatic carboxylic acids is 1. The summed E-state index contributed by atoms with van der Waals surface area (Å²) in [4.78, 5) is 22.2. The fourth-order valence-electron chi connectivity index (χ4n) is 1.77. The van der Waals surface area contributed by atoms with Gasteiger partial charge in [0.05, 0.1) is 5.54 Å². The maximum atomic E-state index is 11.7. The van der Waals surface area contributed by atoms with Crippen LogP contribution in [0.1, 0.15) is 40.2 Å². The quantitative estimate of drug-likeness (QED) is 0.664. The second kappa shape index (κ2) is 9.15. The zero-order chi connectivity index (χ0) is 18.2. The Bertz CT molecular complexity index is 489. The summed E-state index contributed by atoms with van der Waals surface area (Å²) in [5.41, 5.74) is 0.403. The highest BCUT2D eigenvalue weighted by Crippen LogP contribution is 2.07. The van der Waals surface area contributed by atoms with Gasteiger partial charge in [0.15, 0.2) is 0 Å². The molecule has 0 unspecified atom stereocenters. The molecule has 0 aromatic heterocycles. The van der Waals surface area contributed by atoms with Gasteiger partial charge in [0.25, 0.3) is 0 Å². The van der Waals surface area contributed by atoms with E-state index in [1.807, 2.05) is 32.9 Å². The van der Waals surface area contributed by atoms with Crippen molar-refractivity contribution in [3.63, 3.8) is 0 Å². The molecule has 1 aromatic rings. The number of hydrogen-bond acceptors (Lipinski definition) is 4. The van der Waals surface area contributed by atoms with Crippen LogP contribution in [0.25, 0.3) is 0 Å². The van der Waals surface area contributed by atoms with Gasteiger partial charge < -0.3 is 20.8 Å². The van der Waals surface area contributed by atoms with Crippen LogP contribution in [0.5, 0.6) is 5.75 Å². The molecule has 4 N–H and O–H groups in total. The number of benzene rings is 1. The number of nitrogens with one attached hydrogen (secondary N) is 2. The summed E-state index contributed by atoms with van der Waals surface area (Å²) in [5, 5.41) is 22.9. The van der Waals surface area contributed by atoms with Crippen molar-refractivity contribution in [2.24, 2.45) is 0 Å². The Morgan fingerprint density at radius 1 is 1.09 bits per heavy atom. The molecule has 6 heteroatoms. The van der Waals surface area contributed by atoms with E-state index < -0.39 is 17.6 Å². The summed E-state index contributed by atoms with van der Waals surface area (Å²) in [6.07, 6.45) is 0. The molecular weight excluding hydrogens is 296 g/mol. The molecule has 130 valence electrons. The number of hydrogen-bond donors (Lipinski definition) is 4. The van der Waals surface area contributed by atoms with Crippen molar-refractivity contribution in [3.8, 4) is 5.75 Å². The minimum atomic E-state index is -1.04. The van der Waals surface area contributed by atoms with Gasteiger partial charge >= 0.3 is 5.97 Å². The zero-order valence-electron chi connectivity index (χ0n) is 14.7. The third kappa shape index (κ3) is 8.83. The van der Waals surface area contributed by atoms with Crippen LogP contribution in [-0.2, 0) is 9.59 Å². The fourth-order valence-corrected chi connectivity index (χ4v) is 1.77. The van der Waals surface area contributed by atoms with Crippen molar-refractivity contribution in [2.45, 2.75) is 59.2 Å². The first kappa shape index (κ1) is 20.9. The molecule has 0 saturated heterocycles. The molecule has 0 fully saturated rings. The number of phenols is 1. The predicted octanol–water partition coefficient (Wildman–Crippen LogP) is 2.05. The molecule has 1 amide bonds. The van der Waals surface area contributed by atoms with Gasteiger partial charge in [-0.15, -0.1) is 0 Å². The number of aromatic hydroxyl groups is 1. The summed E-state index contributed by atoms with van der Waals surface area (Å²) in [6, 6.07) is 6.38. The molecule has 1 rings (SSSR count). The molecular formula is C17H28N2O4. The molecule has 23 heavy (non-hydrogen) atoms. The largest absolute Gasteiger partial charge is 0.508 e. The standard InChI is InChI=1S/C10H20N2O3.C7H8O/c1-6(2)12-10(4,5)9(15)11-7(3)8(13)14;1-6-2-4-7(8)5-3-6/h6-7,12H,1-5H3,(H,11,15)(H,13,14);2-5,8H,1H3/t7-;/m0./s1. The van der Waals surface area contributed by atoms with Crippen LogP contribution in [0.2, 0.25) is 0 Å². The number of amides is 1. The van der Waals surface area contributed by atoms with Crippen LogP contribution >= 0.6 is 0 Å². The number of rotatable bonds is 5. The van der Waals surface area contributed by atoms with Gasteiger partial charge in [-0.25, -0.2) is 0 Å². The van der Waals surface area contributed by atoms with E-state index in [1.165, 1.54) is 12.5 Å². The minimum Gasteiger partial charge on any atom is -0.508 e. The van der Waals surface area contributed by atoms with Crippen molar-refractivity contribution < 1.29 is 19.8 Å². The van der Waals surface area contributed by atoms with E-state index >= 15 is 0 Å². The smallest absolute Gasteiger partial charge is 0.325 e. The van der Waals surface area contributed by atoms with Crippen LogP contribution in [0.15, 0.2) is 24.3 Å². The average Bonchev–Trinajstić information content (AvgIpc) is 2.41. The zero-order valence-corrected chi connectivity index (χ0v) is 14.7. The summed E-state index contributed by atoms with van der Waals surface area (Å²) in [6.45, 7) is 10.7. The molecule has 0 spiro atoms. The number of aryl methyl sites for hydroxylation is 1. The van der Waals surface area contributed by atoms with Crippen LogP contribution in [0.4, 0.5) is 0 Å². The Hall–Kier alpha value is -2.08. The van der Waals surface area contributed by atoms with Crippen molar-refractivity contribution in [1.82, 2.24) is 10.6 Å². The van der Waals surface area contributed by atoms with E-state index in [1.54, 1.807) is 26.0 Å². The highest BCUT2D eigenvalue weighted by Gasteiger charge is 2.29. The molecule has 0 bridgehead atoms. The molecule has 0 saturated carbocycles. The fraction of sp³-hybridized carbons (Fsp3) is 0.529. The number of phenolic OH excluding ortho intramolecular Hbond substituents is 1. The molecule has 1 atom stereocenters. The van der Waals surface area contributed by atoms with Crippen molar-refractivity contribution in [3.05, 3.63) is 29.8 Å². The number of carbonyl (C=O) groups is 2. The van der Waals surface area contributed by atoms with Crippen LogP contribution in [0.3, 0.4) is 0 Å². The normalized spacial score (nSPS) is 12.1. The molecule has 0 heterocycles. The third-order valence-electron chi connectivity index (χ3n) is 2.97. The Kier molecular flexibility index (Phi) is 8.32. The second-order valence-electron chi connectivity index (χ2n) is 6.29. The van der Waals surface area contributed by atoms with E-state index in [0.29, 0.717) is 5.75 Å². The lowest BCUT2D eigenvalue weighted by Gasteiger charge is -2.28. The van der Waals surface area contributed by atoms with E-state index in [4.69, 9.17) is 10.2 Å².